The summed E-state index contributed by atoms with van der Waals surface area (Å²) in [7, 11) is 0. The number of anilines is 2. The molecule has 0 bridgehead atoms. The van der Waals surface area contributed by atoms with Gasteiger partial charge < -0.3 is 15.0 Å². The van der Waals surface area contributed by atoms with Crippen LogP contribution in [-0.2, 0) is 11.3 Å². The molecule has 6 nitrogen and oxygen atoms in total. The number of ether oxygens (including phenoxy) is 1. The number of benzene rings is 2. The lowest BCUT2D eigenvalue weighted by atomic mass is 10.1. The van der Waals surface area contributed by atoms with Crippen LogP contribution < -0.4 is 10.2 Å². The Balaban J connectivity index is 0.00000141. The standard InChI is InChI=1S/C24H24F3N5O.C2H6/c1-14-12-31(13-15(2)33-14)17-6-7-20-19(10-17)23(30-24-28-8-9-32(20)24)29-11-16-4-3-5-18(21(16)25)22(26)27;1-2/h3-10,14-15,22H,11-13H2,1-2H3,(H,28,29,30);1-2H3. The molecule has 2 atom stereocenters. The number of nitrogens with zero attached hydrogens (tertiary/aromatic N) is 4. The van der Waals surface area contributed by atoms with Crippen LogP contribution in [0.25, 0.3) is 16.7 Å². The van der Waals surface area contributed by atoms with Gasteiger partial charge in [0.1, 0.15) is 11.6 Å². The van der Waals surface area contributed by atoms with E-state index >= 15 is 0 Å². The van der Waals surface area contributed by atoms with Gasteiger partial charge in [-0.2, -0.15) is 4.98 Å². The molecule has 0 saturated carbocycles. The summed E-state index contributed by atoms with van der Waals surface area (Å²) >= 11 is 0. The van der Waals surface area contributed by atoms with Crippen LogP contribution in [-0.4, -0.2) is 39.7 Å². The Morgan fingerprint density at radius 3 is 2.57 bits per heavy atom. The summed E-state index contributed by atoms with van der Waals surface area (Å²) in [5.41, 5.74) is 1.46. The van der Waals surface area contributed by atoms with Crippen molar-refractivity contribution >= 4 is 28.2 Å². The van der Waals surface area contributed by atoms with Gasteiger partial charge in [0.25, 0.3) is 6.43 Å². The molecule has 4 aromatic rings. The van der Waals surface area contributed by atoms with Crippen molar-refractivity contribution < 1.29 is 17.9 Å². The molecule has 2 aromatic carbocycles. The van der Waals surface area contributed by atoms with E-state index in [9.17, 15) is 13.2 Å². The summed E-state index contributed by atoms with van der Waals surface area (Å²) < 4.78 is 48.5. The van der Waals surface area contributed by atoms with E-state index in [2.05, 4.69) is 40.1 Å². The highest BCUT2D eigenvalue weighted by molar-refractivity contribution is 5.93. The van der Waals surface area contributed by atoms with Gasteiger partial charge in [0.15, 0.2) is 0 Å². The quantitative estimate of drug-likeness (QED) is 0.364. The number of fused-ring (bicyclic) bond motifs is 3. The van der Waals surface area contributed by atoms with Crippen LogP contribution in [0.2, 0.25) is 0 Å². The highest BCUT2D eigenvalue weighted by atomic mass is 19.3. The summed E-state index contributed by atoms with van der Waals surface area (Å²) in [6.07, 6.45) is 0.851. The Morgan fingerprint density at radius 1 is 1.11 bits per heavy atom. The maximum Gasteiger partial charge on any atom is 0.266 e. The fourth-order valence-corrected chi connectivity index (χ4v) is 4.45. The number of hydrogen-bond acceptors (Lipinski definition) is 5. The topological polar surface area (TPSA) is 54.7 Å². The van der Waals surface area contributed by atoms with E-state index in [1.165, 1.54) is 12.1 Å². The molecule has 1 fully saturated rings. The predicted octanol–water partition coefficient (Wildman–Crippen LogP) is 6.21. The zero-order chi connectivity index (χ0) is 25.1. The minimum Gasteiger partial charge on any atom is -0.372 e. The first-order chi connectivity index (χ1) is 16.9. The van der Waals surface area contributed by atoms with Crippen LogP contribution in [0.5, 0.6) is 0 Å². The van der Waals surface area contributed by atoms with Crippen molar-refractivity contribution in [1.29, 1.82) is 0 Å². The number of rotatable bonds is 5. The molecule has 0 radical (unpaired) electrons. The van der Waals surface area contributed by atoms with Gasteiger partial charge in [-0.05, 0) is 32.0 Å². The molecule has 0 aliphatic carbocycles. The SMILES string of the molecule is CC.CC1CN(c2ccc3c(c2)c(NCc2cccc(C(F)F)c2F)nc2nccn23)CC(C)O1. The van der Waals surface area contributed by atoms with Gasteiger partial charge in [-0.3, -0.25) is 4.40 Å². The maximum absolute atomic E-state index is 14.5. The summed E-state index contributed by atoms with van der Waals surface area (Å²) in [5.74, 6) is 0.109. The highest BCUT2D eigenvalue weighted by Crippen LogP contribution is 2.30. The Morgan fingerprint density at radius 2 is 1.86 bits per heavy atom. The normalized spacial score (nSPS) is 18.1. The lowest BCUT2D eigenvalue weighted by molar-refractivity contribution is -0.00521. The zero-order valence-electron chi connectivity index (χ0n) is 20.3. The molecular weight excluding hydrogens is 455 g/mol. The largest absolute Gasteiger partial charge is 0.372 e. The Hall–Kier alpha value is -3.33. The van der Waals surface area contributed by atoms with Crippen LogP contribution in [0.15, 0.2) is 48.8 Å². The molecule has 35 heavy (non-hydrogen) atoms. The lowest BCUT2D eigenvalue weighted by Crippen LogP contribution is -2.45. The van der Waals surface area contributed by atoms with Gasteiger partial charge in [-0.1, -0.05) is 32.0 Å². The summed E-state index contributed by atoms with van der Waals surface area (Å²) in [6, 6.07) is 10.1. The molecule has 5 rings (SSSR count). The van der Waals surface area contributed by atoms with Crippen LogP contribution in [0, 0.1) is 5.82 Å². The van der Waals surface area contributed by atoms with Gasteiger partial charge in [-0.25, -0.2) is 18.2 Å². The first-order valence-corrected chi connectivity index (χ1v) is 11.9. The van der Waals surface area contributed by atoms with Crippen molar-refractivity contribution in [2.45, 2.75) is 52.9 Å². The van der Waals surface area contributed by atoms with Crippen molar-refractivity contribution in [2.75, 3.05) is 23.3 Å². The zero-order valence-corrected chi connectivity index (χ0v) is 20.3. The maximum atomic E-state index is 14.5. The molecule has 1 saturated heterocycles. The van der Waals surface area contributed by atoms with E-state index in [1.807, 2.05) is 36.6 Å². The van der Waals surface area contributed by atoms with Gasteiger partial charge in [0, 0.05) is 48.7 Å². The van der Waals surface area contributed by atoms with Crippen molar-refractivity contribution in [3.63, 3.8) is 0 Å². The number of imidazole rings is 1. The van der Waals surface area contributed by atoms with Crippen molar-refractivity contribution in [2.24, 2.45) is 0 Å². The summed E-state index contributed by atoms with van der Waals surface area (Å²) in [5, 5.41) is 3.98. The van der Waals surface area contributed by atoms with Gasteiger partial charge in [0.2, 0.25) is 5.78 Å². The third-order valence-corrected chi connectivity index (χ3v) is 5.90. The fraction of sp³-hybridized carbons (Fsp3) is 0.385. The molecule has 2 unspecified atom stereocenters. The number of nitrogens with one attached hydrogen (secondary N) is 1. The van der Waals surface area contributed by atoms with Crippen LogP contribution in [0.3, 0.4) is 0 Å². The average Bonchev–Trinajstić information content (AvgIpc) is 3.32. The smallest absolute Gasteiger partial charge is 0.266 e. The fourth-order valence-electron chi connectivity index (χ4n) is 4.45. The van der Waals surface area contributed by atoms with E-state index in [0.717, 1.165) is 35.7 Å². The molecule has 1 N–H and O–H groups in total. The van der Waals surface area contributed by atoms with Crippen LogP contribution in [0.4, 0.5) is 24.7 Å². The second-order valence-electron chi connectivity index (χ2n) is 8.40. The molecule has 0 amide bonds. The molecule has 9 heteroatoms. The Kier molecular flexibility index (Phi) is 7.45. The Bertz CT molecular complexity index is 1300. The van der Waals surface area contributed by atoms with Crippen LogP contribution in [0.1, 0.15) is 45.2 Å². The monoisotopic (exact) mass is 485 g/mol. The van der Waals surface area contributed by atoms with E-state index in [0.29, 0.717) is 11.6 Å². The van der Waals surface area contributed by atoms with E-state index in [1.54, 1.807) is 6.20 Å². The number of hydrogen-bond donors (Lipinski definition) is 1. The van der Waals surface area contributed by atoms with Crippen LogP contribution >= 0.6 is 0 Å². The number of alkyl halides is 2. The first kappa shape index (κ1) is 24.8. The molecule has 186 valence electrons. The summed E-state index contributed by atoms with van der Waals surface area (Å²) in [4.78, 5) is 11.2. The van der Waals surface area contributed by atoms with E-state index in [4.69, 9.17) is 4.74 Å². The second kappa shape index (κ2) is 10.5. The predicted molar refractivity (Wildman–Crippen MR) is 133 cm³/mol. The first-order valence-electron chi connectivity index (χ1n) is 11.9. The molecule has 1 aliphatic heterocycles. The number of morpholine rings is 1. The average molecular weight is 486 g/mol. The van der Waals surface area contributed by atoms with Gasteiger partial charge >= 0.3 is 0 Å². The number of aromatic nitrogens is 3. The molecule has 2 aromatic heterocycles. The Labute approximate surface area is 202 Å². The lowest BCUT2D eigenvalue weighted by Gasteiger charge is -2.37. The van der Waals surface area contributed by atoms with Crippen molar-refractivity contribution in [1.82, 2.24) is 14.4 Å². The summed E-state index contributed by atoms with van der Waals surface area (Å²) in [6.45, 7) is 9.65. The third kappa shape index (κ3) is 5.05. The van der Waals surface area contributed by atoms with E-state index in [-0.39, 0.29) is 24.3 Å². The molecular formula is C26H30F3N5O. The van der Waals surface area contributed by atoms with Crippen molar-refractivity contribution in [3.8, 4) is 0 Å². The third-order valence-electron chi connectivity index (χ3n) is 5.90. The van der Waals surface area contributed by atoms with Gasteiger partial charge in [-0.15, -0.1) is 0 Å². The highest BCUT2D eigenvalue weighted by Gasteiger charge is 2.23. The van der Waals surface area contributed by atoms with Crippen molar-refractivity contribution in [3.05, 3.63) is 65.7 Å². The van der Waals surface area contributed by atoms with Gasteiger partial charge in [0.05, 0.1) is 23.3 Å². The van der Waals surface area contributed by atoms with E-state index < -0.39 is 17.8 Å². The molecule has 0 spiro atoms. The minimum absolute atomic E-state index is 0.0151. The molecule has 3 heterocycles. The molecule has 1 aliphatic rings. The second-order valence-corrected chi connectivity index (χ2v) is 8.40. The number of halogens is 3. The minimum atomic E-state index is -2.87.